The molecule has 10 heteroatoms. The lowest BCUT2D eigenvalue weighted by molar-refractivity contribution is -0.870. The maximum absolute atomic E-state index is 12.7. The molecule has 0 aromatic carbocycles. The predicted octanol–water partition coefficient (Wildman–Crippen LogP) is 15.2. The van der Waals surface area contributed by atoms with Gasteiger partial charge in [-0.05, 0) is 44.9 Å². The lowest BCUT2D eigenvalue weighted by atomic mass is 10.0. The summed E-state index contributed by atoms with van der Waals surface area (Å²) in [7, 11) is 1.17. The molecule has 2 atom stereocenters. The van der Waals surface area contributed by atoms with Crippen LogP contribution in [0.15, 0.2) is 24.3 Å². The smallest absolute Gasteiger partial charge is 0.306 e. The number of rotatable bonds is 49. The second-order valence-corrected chi connectivity index (χ2v) is 20.7. The minimum atomic E-state index is -4.63. The fraction of sp³-hybridized carbons (Fsp3) is 0.887. The van der Waals surface area contributed by atoms with Crippen LogP contribution in [0, 0.1) is 0 Å². The Morgan fingerprint density at radius 2 is 0.857 bits per heavy atom. The first-order chi connectivity index (χ1) is 30.5. The zero-order valence-electron chi connectivity index (χ0n) is 42.0. The van der Waals surface area contributed by atoms with E-state index in [1.165, 1.54) is 167 Å². The van der Waals surface area contributed by atoms with Gasteiger partial charge < -0.3 is 27.9 Å². The van der Waals surface area contributed by atoms with Gasteiger partial charge >= 0.3 is 11.9 Å². The lowest BCUT2D eigenvalue weighted by Gasteiger charge is -2.28. The SMILES string of the molecule is CCCCC/C=C/C/C=C/CCCCCCCCCC(=O)O[C@H](COC(=O)CCCCCCCCCCCCCCCCCCCCCCCC)COP(=O)([O-])OCC[N+](C)(C)C. The van der Waals surface area contributed by atoms with Crippen molar-refractivity contribution in [3.05, 3.63) is 24.3 Å². The number of esters is 2. The molecule has 0 fully saturated rings. The van der Waals surface area contributed by atoms with Crippen LogP contribution in [0.1, 0.15) is 251 Å². The van der Waals surface area contributed by atoms with Crippen LogP contribution in [0.4, 0.5) is 0 Å². The molecule has 0 aromatic rings. The molecule has 0 heterocycles. The summed E-state index contributed by atoms with van der Waals surface area (Å²) >= 11 is 0. The summed E-state index contributed by atoms with van der Waals surface area (Å²) in [4.78, 5) is 37.7. The van der Waals surface area contributed by atoms with E-state index >= 15 is 0 Å². The Bertz CT molecular complexity index is 1120. The fourth-order valence-electron chi connectivity index (χ4n) is 7.57. The summed E-state index contributed by atoms with van der Waals surface area (Å²) in [6, 6.07) is 0. The molecule has 0 aliphatic rings. The minimum absolute atomic E-state index is 0.0303. The first-order valence-corrected chi connectivity index (χ1v) is 28.0. The van der Waals surface area contributed by atoms with Gasteiger partial charge in [0.15, 0.2) is 6.10 Å². The zero-order valence-corrected chi connectivity index (χ0v) is 42.9. The van der Waals surface area contributed by atoms with Gasteiger partial charge in [-0.25, -0.2) is 0 Å². The molecule has 0 aliphatic heterocycles. The Labute approximate surface area is 389 Å². The van der Waals surface area contributed by atoms with Crippen LogP contribution in [-0.2, 0) is 32.7 Å². The Kier molecular flexibility index (Phi) is 44.5. The third kappa shape index (κ3) is 49.8. The van der Waals surface area contributed by atoms with Gasteiger partial charge in [0.2, 0.25) is 0 Å². The van der Waals surface area contributed by atoms with Crippen molar-refractivity contribution >= 4 is 19.8 Å². The van der Waals surface area contributed by atoms with Crippen LogP contribution in [-0.4, -0.2) is 70.0 Å². The third-order valence-electron chi connectivity index (χ3n) is 11.7. The van der Waals surface area contributed by atoms with E-state index in [4.69, 9.17) is 18.5 Å². The first kappa shape index (κ1) is 61.5. The van der Waals surface area contributed by atoms with Crippen molar-refractivity contribution in [1.29, 1.82) is 0 Å². The molecule has 0 amide bonds. The Balaban J connectivity index is 4.19. The van der Waals surface area contributed by atoms with Crippen molar-refractivity contribution in [2.24, 2.45) is 0 Å². The van der Waals surface area contributed by atoms with E-state index in [-0.39, 0.29) is 32.0 Å². The number of hydrogen-bond donors (Lipinski definition) is 0. The van der Waals surface area contributed by atoms with E-state index in [1.54, 1.807) is 0 Å². The molecule has 0 saturated carbocycles. The monoisotopic (exact) mass is 912 g/mol. The average molecular weight is 912 g/mol. The van der Waals surface area contributed by atoms with Gasteiger partial charge in [0.25, 0.3) is 7.82 Å². The highest BCUT2D eigenvalue weighted by Crippen LogP contribution is 2.38. The maximum atomic E-state index is 12.7. The van der Waals surface area contributed by atoms with Crippen molar-refractivity contribution in [3.8, 4) is 0 Å². The number of phosphoric acid groups is 1. The van der Waals surface area contributed by atoms with E-state index in [9.17, 15) is 19.0 Å². The molecule has 0 bridgehead atoms. The average Bonchev–Trinajstić information content (AvgIpc) is 3.24. The van der Waals surface area contributed by atoms with Crippen LogP contribution < -0.4 is 4.89 Å². The van der Waals surface area contributed by atoms with Gasteiger partial charge in [-0.1, -0.05) is 218 Å². The number of nitrogens with zero attached hydrogens (tertiary/aromatic N) is 1. The Hall–Kier alpha value is -1.51. The Morgan fingerprint density at radius 1 is 0.492 bits per heavy atom. The predicted molar refractivity (Wildman–Crippen MR) is 264 cm³/mol. The topological polar surface area (TPSA) is 111 Å². The first-order valence-electron chi connectivity index (χ1n) is 26.5. The van der Waals surface area contributed by atoms with Crippen LogP contribution in [0.25, 0.3) is 0 Å². The number of ether oxygens (including phenoxy) is 2. The van der Waals surface area contributed by atoms with Gasteiger partial charge in [0.1, 0.15) is 19.8 Å². The summed E-state index contributed by atoms with van der Waals surface area (Å²) < 4.78 is 34.1. The number of hydrogen-bond acceptors (Lipinski definition) is 8. The van der Waals surface area contributed by atoms with Gasteiger partial charge in [-0.2, -0.15) is 0 Å². The molecule has 0 rings (SSSR count). The van der Waals surface area contributed by atoms with Gasteiger partial charge in [0, 0.05) is 12.8 Å². The van der Waals surface area contributed by atoms with E-state index in [1.807, 2.05) is 21.1 Å². The summed E-state index contributed by atoms with van der Waals surface area (Å²) in [5.74, 6) is -0.830. The van der Waals surface area contributed by atoms with Gasteiger partial charge in [-0.15, -0.1) is 0 Å². The van der Waals surface area contributed by atoms with E-state index in [0.29, 0.717) is 17.4 Å². The highest BCUT2D eigenvalue weighted by Gasteiger charge is 2.21. The van der Waals surface area contributed by atoms with Crippen molar-refractivity contribution in [2.45, 2.75) is 258 Å². The summed E-state index contributed by atoms with van der Waals surface area (Å²) in [5.41, 5.74) is 0. The molecule has 0 saturated heterocycles. The van der Waals surface area contributed by atoms with Gasteiger partial charge in [0.05, 0.1) is 27.7 Å². The lowest BCUT2D eigenvalue weighted by Crippen LogP contribution is -2.37. The summed E-state index contributed by atoms with van der Waals surface area (Å²) in [5, 5.41) is 0. The van der Waals surface area contributed by atoms with Crippen LogP contribution in [0.2, 0.25) is 0 Å². The molecule has 9 nitrogen and oxygen atoms in total. The van der Waals surface area contributed by atoms with Crippen molar-refractivity contribution in [2.75, 3.05) is 47.5 Å². The number of quaternary nitrogens is 1. The number of carbonyl (C=O) groups is 2. The number of likely N-dealkylation sites (N-methyl/N-ethyl adjacent to an activating group) is 1. The second-order valence-electron chi connectivity index (χ2n) is 19.2. The van der Waals surface area contributed by atoms with E-state index < -0.39 is 26.5 Å². The summed E-state index contributed by atoms with van der Waals surface area (Å²) in [6.07, 6.45) is 52.1. The quantitative estimate of drug-likeness (QED) is 0.0195. The standard InChI is InChI=1S/C53H102NO8P/c1-6-8-10-12-14-16-18-20-22-24-25-26-27-28-30-31-33-35-37-39-41-43-45-52(55)59-49-51(50-61-63(57,58)60-48-47-54(3,4)5)62-53(56)46-44-42-40-38-36-34-32-29-23-21-19-17-15-13-11-9-7-2/h15,17,21,23,51H,6-14,16,18-20,22,24-50H2,1-5H3/b17-15+,23-21+/t51-/m1/s1. The zero-order chi connectivity index (χ0) is 46.4. The number of allylic oxidation sites excluding steroid dienone is 4. The van der Waals surface area contributed by atoms with Crippen molar-refractivity contribution in [1.82, 2.24) is 0 Å². The number of unbranched alkanes of at least 4 members (excludes halogenated alkanes) is 31. The molecule has 63 heavy (non-hydrogen) atoms. The third-order valence-corrected chi connectivity index (χ3v) is 12.7. The largest absolute Gasteiger partial charge is 0.756 e. The number of carbonyl (C=O) groups excluding carboxylic acids is 2. The van der Waals surface area contributed by atoms with Crippen LogP contribution in [0.3, 0.4) is 0 Å². The molecule has 0 N–H and O–H groups in total. The maximum Gasteiger partial charge on any atom is 0.306 e. The molecule has 372 valence electrons. The van der Waals surface area contributed by atoms with Crippen molar-refractivity contribution < 1.29 is 42.1 Å². The molecular weight excluding hydrogens is 810 g/mol. The number of phosphoric ester groups is 1. The Morgan fingerprint density at radius 3 is 1.29 bits per heavy atom. The van der Waals surface area contributed by atoms with Crippen LogP contribution >= 0.6 is 7.82 Å². The normalized spacial score (nSPS) is 13.6. The summed E-state index contributed by atoms with van der Waals surface area (Å²) in [6.45, 7) is 4.24. The molecule has 0 aliphatic carbocycles. The van der Waals surface area contributed by atoms with Crippen molar-refractivity contribution in [3.63, 3.8) is 0 Å². The van der Waals surface area contributed by atoms with Gasteiger partial charge in [-0.3, -0.25) is 14.2 Å². The minimum Gasteiger partial charge on any atom is -0.756 e. The highest BCUT2D eigenvalue weighted by atomic mass is 31.2. The van der Waals surface area contributed by atoms with E-state index in [2.05, 4.69) is 38.2 Å². The van der Waals surface area contributed by atoms with Crippen LogP contribution in [0.5, 0.6) is 0 Å². The second kappa shape index (κ2) is 45.6. The molecule has 0 radical (unpaired) electrons. The fourth-order valence-corrected chi connectivity index (χ4v) is 8.30. The molecule has 1 unspecified atom stereocenters. The molecule has 0 spiro atoms. The molecule has 0 aromatic heterocycles. The highest BCUT2D eigenvalue weighted by molar-refractivity contribution is 7.45. The van der Waals surface area contributed by atoms with E-state index in [0.717, 1.165) is 51.4 Å². The molecular formula is C53H102NO8P.